The van der Waals surface area contributed by atoms with Crippen LogP contribution in [0.1, 0.15) is 22.5 Å². The maximum absolute atomic E-state index is 5.52. The average Bonchev–Trinajstić information content (AvgIpc) is 2.86. The summed E-state index contributed by atoms with van der Waals surface area (Å²) in [5.74, 6) is 0. The Morgan fingerprint density at radius 1 is 0.913 bits per heavy atom. The van der Waals surface area contributed by atoms with Crippen LogP contribution in [0.5, 0.6) is 0 Å². The Hall–Kier alpha value is -2.39. The lowest BCUT2D eigenvalue weighted by atomic mass is 10.0. The van der Waals surface area contributed by atoms with Crippen LogP contribution in [0.2, 0.25) is 0 Å². The molecule has 2 nitrogen and oxygen atoms in total. The molecule has 0 saturated heterocycles. The third kappa shape index (κ3) is 3.69. The Kier molecular flexibility index (Phi) is 4.89. The van der Waals surface area contributed by atoms with Crippen LogP contribution in [0.4, 0.5) is 0 Å². The first-order valence-electron chi connectivity index (χ1n) is 7.77. The minimum Gasteiger partial charge on any atom is -0.334 e. The first-order valence-corrected chi connectivity index (χ1v) is 8.18. The van der Waals surface area contributed by atoms with E-state index in [2.05, 4.69) is 64.7 Å². The molecule has 0 radical (unpaired) electrons. The van der Waals surface area contributed by atoms with Crippen molar-refractivity contribution in [2.45, 2.75) is 19.4 Å². The van der Waals surface area contributed by atoms with Gasteiger partial charge in [0.25, 0.3) is 0 Å². The number of rotatable bonds is 6. The molecule has 3 rings (SSSR count). The molecule has 0 atom stereocenters. The number of nitrogens with one attached hydrogen (secondary N) is 1. The number of hydrogen-bond acceptors (Lipinski definition) is 1. The summed E-state index contributed by atoms with van der Waals surface area (Å²) in [4.78, 5) is 3.40. The molecule has 0 fully saturated rings. The van der Waals surface area contributed by atoms with Crippen molar-refractivity contribution in [2.75, 3.05) is 0 Å². The molecule has 0 aliphatic heterocycles. The zero-order valence-electron chi connectivity index (χ0n) is 13.0. The van der Waals surface area contributed by atoms with Gasteiger partial charge in [0.15, 0.2) is 4.77 Å². The third-order valence-electron chi connectivity index (χ3n) is 3.93. The zero-order chi connectivity index (χ0) is 16.1. The molecule has 0 aliphatic rings. The third-order valence-corrected chi connectivity index (χ3v) is 4.25. The van der Waals surface area contributed by atoms with Crippen molar-refractivity contribution in [2.24, 2.45) is 0 Å². The Balaban J connectivity index is 1.99. The number of hydrogen-bond donors (Lipinski definition) is 1. The van der Waals surface area contributed by atoms with Crippen LogP contribution in [-0.2, 0) is 19.4 Å². The molecular formula is C20H20N2S. The smallest absolute Gasteiger partial charge is 0.177 e. The van der Waals surface area contributed by atoms with Crippen LogP contribution in [0.15, 0.2) is 73.3 Å². The van der Waals surface area contributed by atoms with Gasteiger partial charge in [0.1, 0.15) is 0 Å². The number of allylic oxidation sites excluding steroid dienone is 1. The lowest BCUT2D eigenvalue weighted by molar-refractivity contribution is 0.757. The van der Waals surface area contributed by atoms with Crippen LogP contribution in [0, 0.1) is 4.77 Å². The van der Waals surface area contributed by atoms with Crippen molar-refractivity contribution in [3.05, 3.63) is 101 Å². The first-order chi connectivity index (χ1) is 11.3. The van der Waals surface area contributed by atoms with E-state index in [4.69, 9.17) is 12.2 Å². The second kappa shape index (κ2) is 7.25. The molecule has 0 aliphatic carbocycles. The molecule has 0 amide bonds. The maximum atomic E-state index is 5.52. The van der Waals surface area contributed by atoms with Gasteiger partial charge in [-0.25, -0.2) is 0 Å². The number of benzene rings is 2. The van der Waals surface area contributed by atoms with Gasteiger partial charge in [-0.1, -0.05) is 66.7 Å². The molecule has 1 N–H and O–H groups in total. The second-order valence-corrected chi connectivity index (χ2v) is 5.97. The molecule has 3 heteroatoms. The molecule has 0 saturated carbocycles. The second-order valence-electron chi connectivity index (χ2n) is 5.58. The topological polar surface area (TPSA) is 20.7 Å². The lowest BCUT2D eigenvalue weighted by Gasteiger charge is -2.09. The molecule has 0 bridgehead atoms. The number of H-pyrrole nitrogens is 1. The highest BCUT2D eigenvalue weighted by Crippen LogP contribution is 2.18. The fourth-order valence-electron chi connectivity index (χ4n) is 2.81. The highest BCUT2D eigenvalue weighted by Gasteiger charge is 2.12. The van der Waals surface area contributed by atoms with Gasteiger partial charge in [-0.05, 0) is 23.3 Å². The van der Waals surface area contributed by atoms with Crippen LogP contribution >= 0.6 is 12.2 Å². The summed E-state index contributed by atoms with van der Waals surface area (Å²) in [5, 5.41) is 0. The molecule has 1 heterocycles. The van der Waals surface area contributed by atoms with Gasteiger partial charge in [0.2, 0.25) is 0 Å². The molecule has 23 heavy (non-hydrogen) atoms. The average molecular weight is 320 g/mol. The van der Waals surface area contributed by atoms with Crippen molar-refractivity contribution in [1.29, 1.82) is 0 Å². The summed E-state index contributed by atoms with van der Waals surface area (Å²) >= 11 is 5.52. The Morgan fingerprint density at radius 3 is 2.04 bits per heavy atom. The molecule has 2 aromatic carbocycles. The van der Waals surface area contributed by atoms with Gasteiger partial charge in [-0.2, -0.15) is 0 Å². The zero-order valence-corrected chi connectivity index (χ0v) is 13.9. The number of imidazole rings is 1. The number of aromatic amines is 1. The highest BCUT2D eigenvalue weighted by atomic mass is 32.1. The summed E-state index contributed by atoms with van der Waals surface area (Å²) in [6, 6.07) is 21.0. The summed E-state index contributed by atoms with van der Waals surface area (Å²) in [5.41, 5.74) is 4.99. The predicted molar refractivity (Wildman–Crippen MR) is 98.3 cm³/mol. The Bertz CT molecular complexity index is 829. The van der Waals surface area contributed by atoms with Crippen LogP contribution in [0.3, 0.4) is 0 Å². The van der Waals surface area contributed by atoms with E-state index in [1.807, 2.05) is 18.2 Å². The molecule has 1 aromatic heterocycles. The van der Waals surface area contributed by atoms with Gasteiger partial charge in [-0.15, -0.1) is 6.58 Å². The minimum atomic E-state index is 0.728. The summed E-state index contributed by atoms with van der Waals surface area (Å²) in [6.07, 6.45) is 3.62. The van der Waals surface area contributed by atoms with Crippen molar-refractivity contribution in [3.8, 4) is 0 Å². The standard InChI is InChI=1S/C20H20N2S/c1-2-13-22-19(15-17-11-7-4-8-12-17)18(21-20(22)23)14-16-9-5-3-6-10-16/h2-12H,1,13-15H2,(H,21,23). The molecule has 116 valence electrons. The van der Waals surface area contributed by atoms with Crippen LogP contribution in [0.25, 0.3) is 0 Å². The predicted octanol–water partition coefficient (Wildman–Crippen LogP) is 4.91. The first kappa shape index (κ1) is 15.5. The fourth-order valence-corrected chi connectivity index (χ4v) is 3.12. The summed E-state index contributed by atoms with van der Waals surface area (Å²) < 4.78 is 2.91. The number of aromatic nitrogens is 2. The van der Waals surface area contributed by atoms with E-state index < -0.39 is 0 Å². The van der Waals surface area contributed by atoms with E-state index >= 15 is 0 Å². The van der Waals surface area contributed by atoms with Crippen LogP contribution < -0.4 is 0 Å². The molecule has 0 unspecified atom stereocenters. The van der Waals surface area contributed by atoms with E-state index in [0.717, 1.165) is 24.2 Å². The molecule has 0 spiro atoms. The van der Waals surface area contributed by atoms with Crippen molar-refractivity contribution in [3.63, 3.8) is 0 Å². The molecular weight excluding hydrogens is 300 g/mol. The van der Waals surface area contributed by atoms with Gasteiger partial charge < -0.3 is 9.55 Å². The fraction of sp³-hybridized carbons (Fsp3) is 0.150. The van der Waals surface area contributed by atoms with Crippen molar-refractivity contribution in [1.82, 2.24) is 9.55 Å². The maximum Gasteiger partial charge on any atom is 0.177 e. The summed E-state index contributed by atoms with van der Waals surface area (Å²) in [7, 11) is 0. The van der Waals surface area contributed by atoms with Crippen LogP contribution in [-0.4, -0.2) is 9.55 Å². The summed E-state index contributed by atoms with van der Waals surface area (Å²) in [6.45, 7) is 4.59. The van der Waals surface area contributed by atoms with Crippen molar-refractivity contribution >= 4 is 12.2 Å². The van der Waals surface area contributed by atoms with E-state index in [1.165, 1.54) is 22.5 Å². The number of nitrogens with zero attached hydrogens (tertiary/aromatic N) is 1. The minimum absolute atomic E-state index is 0.728. The van der Waals surface area contributed by atoms with E-state index in [0.29, 0.717) is 0 Å². The van der Waals surface area contributed by atoms with Gasteiger partial charge in [-0.3, -0.25) is 0 Å². The van der Waals surface area contributed by atoms with Gasteiger partial charge in [0, 0.05) is 30.8 Å². The quantitative estimate of drug-likeness (QED) is 0.505. The van der Waals surface area contributed by atoms with E-state index in [1.54, 1.807) is 0 Å². The Morgan fingerprint density at radius 2 is 1.48 bits per heavy atom. The molecule has 3 aromatic rings. The largest absolute Gasteiger partial charge is 0.334 e. The van der Waals surface area contributed by atoms with E-state index in [9.17, 15) is 0 Å². The monoisotopic (exact) mass is 320 g/mol. The highest BCUT2D eigenvalue weighted by molar-refractivity contribution is 7.71. The van der Waals surface area contributed by atoms with Crippen molar-refractivity contribution < 1.29 is 0 Å². The SMILES string of the molecule is C=CCn1c(Cc2ccccc2)c(Cc2ccccc2)[nH]c1=S. The Labute approximate surface area is 142 Å². The normalized spacial score (nSPS) is 10.6. The van der Waals surface area contributed by atoms with Gasteiger partial charge in [0.05, 0.1) is 0 Å². The lowest BCUT2D eigenvalue weighted by Crippen LogP contribution is -2.05. The van der Waals surface area contributed by atoms with E-state index in [-0.39, 0.29) is 0 Å². The van der Waals surface area contributed by atoms with Gasteiger partial charge >= 0.3 is 0 Å².